The smallest absolute Gasteiger partial charge is 0.254 e. The van der Waals surface area contributed by atoms with Gasteiger partial charge in [-0.15, -0.1) is 10.2 Å². The Bertz CT molecular complexity index is 733. The molecule has 0 N–H and O–H groups in total. The van der Waals surface area contributed by atoms with Crippen LogP contribution in [-0.4, -0.2) is 17.3 Å². The summed E-state index contributed by atoms with van der Waals surface area (Å²) in [6, 6.07) is 15.3. The molecule has 0 atom stereocenters. The van der Waals surface area contributed by atoms with Gasteiger partial charge < -0.3 is 13.9 Å². The third-order valence-electron chi connectivity index (χ3n) is 3.19. The van der Waals surface area contributed by atoms with Crippen LogP contribution in [0.3, 0.4) is 0 Å². The fraction of sp³-hybridized carbons (Fsp3) is 0.176. The van der Waals surface area contributed by atoms with Crippen molar-refractivity contribution < 1.29 is 13.9 Å². The highest BCUT2D eigenvalue weighted by Gasteiger charge is 2.09. The van der Waals surface area contributed by atoms with Gasteiger partial charge in [0.05, 0.1) is 7.11 Å². The van der Waals surface area contributed by atoms with Crippen LogP contribution in [0.25, 0.3) is 11.5 Å². The number of aromatic nitrogens is 2. The molecule has 1 heterocycles. The first-order chi connectivity index (χ1) is 10.7. The zero-order valence-corrected chi connectivity index (χ0v) is 12.4. The molecule has 0 fully saturated rings. The average molecular weight is 296 g/mol. The molecule has 2 aromatic carbocycles. The van der Waals surface area contributed by atoms with Gasteiger partial charge in [-0.25, -0.2) is 0 Å². The number of aryl methyl sites for hydroxylation is 1. The Balaban J connectivity index is 1.65. The molecule has 3 aromatic rings. The van der Waals surface area contributed by atoms with Crippen LogP contribution in [0.15, 0.2) is 52.9 Å². The maximum atomic E-state index is 5.61. The highest BCUT2D eigenvalue weighted by Crippen LogP contribution is 2.20. The van der Waals surface area contributed by atoms with Crippen LogP contribution in [0, 0.1) is 6.92 Å². The summed E-state index contributed by atoms with van der Waals surface area (Å²) < 4.78 is 16.3. The second-order valence-corrected chi connectivity index (χ2v) is 4.83. The van der Waals surface area contributed by atoms with Crippen LogP contribution in [-0.2, 0) is 6.61 Å². The second-order valence-electron chi connectivity index (χ2n) is 4.83. The Morgan fingerprint density at radius 3 is 2.27 bits per heavy atom. The van der Waals surface area contributed by atoms with Crippen LogP contribution in [0.1, 0.15) is 11.5 Å². The van der Waals surface area contributed by atoms with Gasteiger partial charge >= 0.3 is 0 Å². The van der Waals surface area contributed by atoms with E-state index in [9.17, 15) is 0 Å². The molecule has 0 amide bonds. The number of rotatable bonds is 5. The van der Waals surface area contributed by atoms with E-state index in [1.165, 1.54) is 5.56 Å². The molecule has 0 bridgehead atoms. The minimum absolute atomic E-state index is 0.227. The van der Waals surface area contributed by atoms with Gasteiger partial charge in [0.1, 0.15) is 11.5 Å². The Morgan fingerprint density at radius 1 is 0.909 bits per heavy atom. The van der Waals surface area contributed by atoms with Crippen molar-refractivity contribution in [3.05, 3.63) is 60.0 Å². The molecule has 0 unspecified atom stereocenters. The molecule has 1 aromatic heterocycles. The first-order valence-corrected chi connectivity index (χ1v) is 6.91. The number of ether oxygens (including phenoxy) is 2. The number of hydrogen-bond acceptors (Lipinski definition) is 5. The monoisotopic (exact) mass is 296 g/mol. The van der Waals surface area contributed by atoms with Crippen LogP contribution in [0.4, 0.5) is 0 Å². The maximum Gasteiger partial charge on any atom is 0.254 e. The third kappa shape index (κ3) is 3.25. The Hall–Kier alpha value is -2.82. The predicted octanol–water partition coefficient (Wildman–Crippen LogP) is 3.63. The Morgan fingerprint density at radius 2 is 1.59 bits per heavy atom. The van der Waals surface area contributed by atoms with E-state index in [0.29, 0.717) is 11.8 Å². The van der Waals surface area contributed by atoms with E-state index in [1.54, 1.807) is 7.11 Å². The molecular formula is C17H16N2O3. The summed E-state index contributed by atoms with van der Waals surface area (Å²) in [6.07, 6.45) is 0. The molecule has 0 spiro atoms. The summed E-state index contributed by atoms with van der Waals surface area (Å²) in [4.78, 5) is 0. The topological polar surface area (TPSA) is 57.4 Å². The molecule has 22 heavy (non-hydrogen) atoms. The maximum absolute atomic E-state index is 5.61. The van der Waals surface area contributed by atoms with Crippen LogP contribution in [0.2, 0.25) is 0 Å². The average Bonchev–Trinajstić information content (AvgIpc) is 3.03. The van der Waals surface area contributed by atoms with Crippen molar-refractivity contribution in [2.45, 2.75) is 13.5 Å². The molecule has 0 aliphatic rings. The molecule has 3 rings (SSSR count). The molecule has 5 heteroatoms. The van der Waals surface area contributed by atoms with Gasteiger partial charge in [-0.3, -0.25) is 0 Å². The number of hydrogen-bond donors (Lipinski definition) is 0. The van der Waals surface area contributed by atoms with Gasteiger partial charge in [0.15, 0.2) is 6.61 Å². The highest BCUT2D eigenvalue weighted by atomic mass is 16.5. The molecule has 112 valence electrons. The van der Waals surface area contributed by atoms with Crippen molar-refractivity contribution in [1.29, 1.82) is 0 Å². The van der Waals surface area contributed by atoms with Crippen molar-refractivity contribution in [2.75, 3.05) is 7.11 Å². The van der Waals surface area contributed by atoms with E-state index in [2.05, 4.69) is 10.2 Å². The SMILES string of the molecule is COc1ccc(OCc2nnc(-c3ccc(C)cc3)o2)cc1. The molecule has 0 saturated carbocycles. The third-order valence-corrected chi connectivity index (χ3v) is 3.19. The van der Waals surface area contributed by atoms with Gasteiger partial charge in [-0.2, -0.15) is 0 Å². The van der Waals surface area contributed by atoms with Crippen molar-refractivity contribution in [2.24, 2.45) is 0 Å². The highest BCUT2D eigenvalue weighted by molar-refractivity contribution is 5.52. The van der Waals surface area contributed by atoms with E-state index in [0.717, 1.165) is 17.1 Å². The van der Waals surface area contributed by atoms with Gasteiger partial charge in [0, 0.05) is 5.56 Å². The fourth-order valence-electron chi connectivity index (χ4n) is 1.94. The molecule has 0 saturated heterocycles. The first-order valence-electron chi connectivity index (χ1n) is 6.91. The van der Waals surface area contributed by atoms with Crippen molar-refractivity contribution in [1.82, 2.24) is 10.2 Å². The minimum Gasteiger partial charge on any atom is -0.497 e. The molecular weight excluding hydrogens is 280 g/mol. The fourth-order valence-corrected chi connectivity index (χ4v) is 1.94. The second kappa shape index (κ2) is 6.30. The lowest BCUT2D eigenvalue weighted by Crippen LogP contribution is -1.95. The van der Waals surface area contributed by atoms with Crippen LogP contribution >= 0.6 is 0 Å². The summed E-state index contributed by atoms with van der Waals surface area (Å²) in [5, 5.41) is 8.04. The summed E-state index contributed by atoms with van der Waals surface area (Å²) in [5.74, 6) is 2.43. The van der Waals surface area contributed by atoms with Crippen molar-refractivity contribution >= 4 is 0 Å². The number of benzene rings is 2. The standard InChI is InChI=1S/C17H16N2O3/c1-12-3-5-13(6-4-12)17-19-18-16(22-17)11-21-15-9-7-14(20-2)8-10-15/h3-10H,11H2,1-2H3. The van der Waals surface area contributed by atoms with E-state index in [1.807, 2.05) is 55.5 Å². The minimum atomic E-state index is 0.227. The van der Waals surface area contributed by atoms with Crippen LogP contribution in [0.5, 0.6) is 11.5 Å². The zero-order valence-electron chi connectivity index (χ0n) is 12.4. The lowest BCUT2D eigenvalue weighted by molar-refractivity contribution is 0.264. The summed E-state index contributed by atoms with van der Waals surface area (Å²) >= 11 is 0. The lowest BCUT2D eigenvalue weighted by Gasteiger charge is -2.04. The summed E-state index contributed by atoms with van der Waals surface area (Å²) in [6.45, 7) is 2.26. The van der Waals surface area contributed by atoms with E-state index in [-0.39, 0.29) is 6.61 Å². The van der Waals surface area contributed by atoms with Crippen LogP contribution < -0.4 is 9.47 Å². The van der Waals surface area contributed by atoms with Gasteiger partial charge in [-0.1, -0.05) is 17.7 Å². The molecule has 0 aliphatic heterocycles. The van der Waals surface area contributed by atoms with E-state index in [4.69, 9.17) is 13.9 Å². The summed E-state index contributed by atoms with van der Waals surface area (Å²) in [5.41, 5.74) is 2.08. The number of nitrogens with zero attached hydrogens (tertiary/aromatic N) is 2. The quantitative estimate of drug-likeness (QED) is 0.719. The van der Waals surface area contributed by atoms with Gasteiger partial charge in [-0.05, 0) is 43.3 Å². The normalized spacial score (nSPS) is 10.5. The zero-order chi connectivity index (χ0) is 15.4. The van der Waals surface area contributed by atoms with Gasteiger partial charge in [0.25, 0.3) is 5.89 Å². The summed E-state index contributed by atoms with van der Waals surface area (Å²) in [7, 11) is 1.63. The Labute approximate surface area is 128 Å². The number of methoxy groups -OCH3 is 1. The lowest BCUT2D eigenvalue weighted by atomic mass is 10.1. The molecule has 0 aliphatic carbocycles. The van der Waals surface area contributed by atoms with Crippen molar-refractivity contribution in [3.8, 4) is 23.0 Å². The van der Waals surface area contributed by atoms with E-state index < -0.39 is 0 Å². The largest absolute Gasteiger partial charge is 0.497 e. The van der Waals surface area contributed by atoms with Crippen molar-refractivity contribution in [3.63, 3.8) is 0 Å². The molecule has 0 radical (unpaired) electrons. The van der Waals surface area contributed by atoms with Gasteiger partial charge in [0.2, 0.25) is 5.89 Å². The Kier molecular flexibility index (Phi) is 4.05. The van der Waals surface area contributed by atoms with E-state index >= 15 is 0 Å². The predicted molar refractivity (Wildman–Crippen MR) is 81.8 cm³/mol. The first kappa shape index (κ1) is 14.1. The molecule has 5 nitrogen and oxygen atoms in total.